The van der Waals surface area contributed by atoms with Crippen molar-refractivity contribution in [3.63, 3.8) is 0 Å². The Morgan fingerprint density at radius 2 is 0.977 bits per heavy atom. The number of aromatic hydroxyl groups is 2. The molecule has 0 spiro atoms. The molecule has 0 aliphatic heterocycles. The molecule has 4 heteroatoms. The van der Waals surface area contributed by atoms with E-state index in [9.17, 15) is 10.2 Å². The Hall–Kier alpha value is -4.83. The molecule has 0 aromatic heterocycles. The molecule has 0 atom stereocenters. The Morgan fingerprint density at radius 1 is 0.591 bits per heavy atom. The molecule has 4 N–H and O–H groups in total. The van der Waals surface area contributed by atoms with E-state index in [1.165, 1.54) is 11.1 Å². The average Bonchev–Trinajstić information content (AvgIpc) is 3.03. The molecule has 0 unspecified atom stereocenters. The van der Waals surface area contributed by atoms with Crippen molar-refractivity contribution >= 4 is 6.41 Å². The largest absolute Gasteiger partial charge is 0.507 e. The molecule has 5 aromatic carbocycles. The summed E-state index contributed by atoms with van der Waals surface area (Å²) in [5, 5.41) is 21.3. The summed E-state index contributed by atoms with van der Waals surface area (Å²) in [7, 11) is 0. The number of aryl methyl sites for hydroxylation is 2. The molecule has 0 aliphatic carbocycles. The topological polar surface area (TPSA) is 83.6 Å². The summed E-state index contributed by atoms with van der Waals surface area (Å²) in [6, 6.07) is 36.8. The van der Waals surface area contributed by atoms with Gasteiger partial charge in [-0.3, -0.25) is 4.79 Å². The molecule has 0 saturated heterocycles. The summed E-state index contributed by atoms with van der Waals surface area (Å²) in [6.07, 6.45) is 0.250. The van der Waals surface area contributed by atoms with Crippen LogP contribution >= 0.6 is 0 Å². The first-order valence-electron chi connectivity index (χ1n) is 15.0. The number of benzene rings is 5. The first-order valence-corrected chi connectivity index (χ1v) is 15.0. The van der Waals surface area contributed by atoms with Crippen LogP contribution in [-0.2, 0) is 10.2 Å². The fourth-order valence-electron chi connectivity index (χ4n) is 4.86. The number of carbonyl (C=O) groups excluding carboxylic acids is 1. The highest BCUT2D eigenvalue weighted by molar-refractivity contribution is 5.84. The van der Waals surface area contributed by atoms with Gasteiger partial charge in [-0.05, 0) is 65.6 Å². The van der Waals surface area contributed by atoms with Gasteiger partial charge in [0, 0.05) is 16.7 Å². The fourth-order valence-corrected chi connectivity index (χ4v) is 4.86. The smallest absolute Gasteiger partial charge is 0.204 e. The van der Waals surface area contributed by atoms with E-state index < -0.39 is 0 Å². The van der Waals surface area contributed by atoms with E-state index in [1.807, 2.05) is 81.4 Å². The van der Waals surface area contributed by atoms with E-state index in [4.69, 9.17) is 4.79 Å². The highest BCUT2D eigenvalue weighted by Gasteiger charge is 2.17. The summed E-state index contributed by atoms with van der Waals surface area (Å²) in [6.45, 7) is 16.7. The minimum atomic E-state index is 0.112. The second kappa shape index (κ2) is 16.7. The van der Waals surface area contributed by atoms with Crippen molar-refractivity contribution in [2.45, 2.75) is 60.8 Å². The predicted octanol–water partition coefficient (Wildman–Crippen LogP) is 10.1. The highest BCUT2D eigenvalue weighted by atomic mass is 16.3. The maximum Gasteiger partial charge on any atom is 0.204 e. The van der Waals surface area contributed by atoms with E-state index in [1.54, 1.807) is 6.92 Å². The number of hydrogen-bond donors (Lipinski definition) is 3. The van der Waals surface area contributed by atoms with Gasteiger partial charge in [-0.2, -0.15) is 0 Å². The Kier molecular flexibility index (Phi) is 13.4. The van der Waals surface area contributed by atoms with E-state index >= 15 is 0 Å². The first kappa shape index (κ1) is 35.4. The summed E-state index contributed by atoms with van der Waals surface area (Å²) in [5.41, 5.74) is 14.5. The molecular formula is C40H47NO3. The van der Waals surface area contributed by atoms with Crippen molar-refractivity contribution in [3.8, 4) is 44.9 Å². The highest BCUT2D eigenvalue weighted by Crippen LogP contribution is 2.43. The molecule has 0 heterocycles. The monoisotopic (exact) mass is 589 g/mol. The minimum absolute atomic E-state index is 0.112. The van der Waals surface area contributed by atoms with Gasteiger partial charge in [0.05, 0.1) is 0 Å². The molecule has 0 saturated carbocycles. The van der Waals surface area contributed by atoms with E-state index in [-0.39, 0.29) is 23.3 Å². The first-order chi connectivity index (χ1) is 21.0. The van der Waals surface area contributed by atoms with Crippen molar-refractivity contribution in [3.05, 3.63) is 131 Å². The van der Waals surface area contributed by atoms with Crippen LogP contribution in [0.15, 0.2) is 109 Å². The standard InChI is InChI=1S/C26H22O2.C11H16.C2H6.CH3NO/c1-17-8-10-21(11-9-17)23-16-24(26(28)18(2)25(23)27)22-14-12-20(13-15-22)19-6-4-3-5-7-19;1-9-7-5-6-8-10(9)11(2,3)4;1-2;2-1-3/h3-16,27-28H,1-2H3;5-8H,1-4H3;1-2H3;1H,(H2,2,3). The van der Waals surface area contributed by atoms with Crippen molar-refractivity contribution in [2.24, 2.45) is 5.73 Å². The Labute approximate surface area is 263 Å². The van der Waals surface area contributed by atoms with Gasteiger partial charge in [0.15, 0.2) is 0 Å². The summed E-state index contributed by atoms with van der Waals surface area (Å²) in [5.74, 6) is 0.229. The van der Waals surface area contributed by atoms with Crippen molar-refractivity contribution in [2.75, 3.05) is 0 Å². The molecule has 4 nitrogen and oxygen atoms in total. The third-order valence-electron chi connectivity index (χ3n) is 7.13. The second-order valence-corrected chi connectivity index (χ2v) is 11.3. The molecule has 230 valence electrons. The van der Waals surface area contributed by atoms with Crippen molar-refractivity contribution in [1.82, 2.24) is 0 Å². The van der Waals surface area contributed by atoms with Gasteiger partial charge in [0.2, 0.25) is 6.41 Å². The lowest BCUT2D eigenvalue weighted by Crippen LogP contribution is -2.12. The number of hydrogen-bond acceptors (Lipinski definition) is 3. The van der Waals surface area contributed by atoms with Crippen molar-refractivity contribution < 1.29 is 15.0 Å². The summed E-state index contributed by atoms with van der Waals surface area (Å²) >= 11 is 0. The van der Waals surface area contributed by atoms with E-state index in [2.05, 4.69) is 82.0 Å². The maximum atomic E-state index is 10.7. The lowest BCUT2D eigenvalue weighted by molar-refractivity contribution is -0.106. The van der Waals surface area contributed by atoms with Gasteiger partial charge in [-0.15, -0.1) is 0 Å². The Balaban J connectivity index is 0.000000352. The molecule has 5 aromatic rings. The average molecular weight is 590 g/mol. The molecule has 0 fully saturated rings. The fraction of sp³-hybridized carbons (Fsp3) is 0.225. The number of amides is 1. The quantitative estimate of drug-likeness (QED) is 0.183. The van der Waals surface area contributed by atoms with Gasteiger partial charge >= 0.3 is 0 Å². The molecule has 44 heavy (non-hydrogen) atoms. The second-order valence-electron chi connectivity index (χ2n) is 11.3. The maximum absolute atomic E-state index is 10.7. The normalized spacial score (nSPS) is 10.2. The number of phenols is 2. The van der Waals surface area contributed by atoms with Gasteiger partial charge in [-0.25, -0.2) is 0 Å². The third-order valence-corrected chi connectivity index (χ3v) is 7.13. The van der Waals surface area contributed by atoms with Crippen LogP contribution in [0.5, 0.6) is 11.5 Å². The zero-order valence-corrected chi connectivity index (χ0v) is 27.3. The Bertz CT molecular complexity index is 1600. The third kappa shape index (κ3) is 9.34. The van der Waals surface area contributed by atoms with Crippen LogP contribution in [-0.4, -0.2) is 16.6 Å². The molecular weight excluding hydrogens is 542 g/mol. The number of rotatable bonds is 3. The zero-order valence-electron chi connectivity index (χ0n) is 27.3. The summed E-state index contributed by atoms with van der Waals surface area (Å²) in [4.78, 5) is 8.58. The van der Waals surface area contributed by atoms with Gasteiger partial charge in [0.1, 0.15) is 11.5 Å². The lowest BCUT2D eigenvalue weighted by Gasteiger charge is -2.21. The van der Waals surface area contributed by atoms with Crippen LogP contribution in [0.4, 0.5) is 0 Å². The molecule has 0 bridgehead atoms. The van der Waals surface area contributed by atoms with Crippen LogP contribution in [0.2, 0.25) is 0 Å². The predicted molar refractivity (Wildman–Crippen MR) is 187 cm³/mol. The number of carbonyl (C=O) groups is 1. The SMILES string of the molecule is CC.Cc1ccc(-c2cc(-c3ccc(-c4ccccc4)cc3)c(O)c(C)c2O)cc1.Cc1ccccc1C(C)(C)C.NC=O. The minimum Gasteiger partial charge on any atom is -0.507 e. The van der Waals surface area contributed by atoms with Crippen LogP contribution in [0.25, 0.3) is 33.4 Å². The van der Waals surface area contributed by atoms with E-state index in [0.29, 0.717) is 11.1 Å². The number of primary amides is 1. The summed E-state index contributed by atoms with van der Waals surface area (Å²) < 4.78 is 0. The van der Waals surface area contributed by atoms with Crippen LogP contribution < -0.4 is 5.73 Å². The van der Waals surface area contributed by atoms with Gasteiger partial charge in [-0.1, -0.05) is 143 Å². The number of phenolic OH excluding ortho intramolecular Hbond substituents is 2. The van der Waals surface area contributed by atoms with E-state index in [0.717, 1.165) is 33.4 Å². The van der Waals surface area contributed by atoms with Gasteiger partial charge in [0.25, 0.3) is 0 Å². The van der Waals surface area contributed by atoms with Gasteiger partial charge < -0.3 is 15.9 Å². The molecule has 0 aliphatic rings. The molecule has 1 amide bonds. The lowest BCUT2D eigenvalue weighted by atomic mass is 9.84. The van der Waals surface area contributed by atoms with Crippen LogP contribution in [0.3, 0.4) is 0 Å². The Morgan fingerprint density at radius 3 is 1.41 bits per heavy atom. The molecule has 5 rings (SSSR count). The van der Waals surface area contributed by atoms with Crippen molar-refractivity contribution in [1.29, 1.82) is 0 Å². The zero-order chi connectivity index (χ0) is 32.9. The number of nitrogens with two attached hydrogens (primary N) is 1. The van der Waals surface area contributed by atoms with Crippen LogP contribution in [0, 0.1) is 20.8 Å². The molecule has 0 radical (unpaired) electrons. The van der Waals surface area contributed by atoms with Crippen LogP contribution in [0.1, 0.15) is 56.9 Å².